The first kappa shape index (κ1) is 16.4. The molecule has 0 saturated heterocycles. The molecule has 2 rings (SSSR count). The van der Waals surface area contributed by atoms with Crippen molar-refractivity contribution in [3.05, 3.63) is 48.2 Å². The van der Waals surface area contributed by atoms with E-state index in [0.29, 0.717) is 23.1 Å². The number of pyridine rings is 1. The molecule has 0 saturated carbocycles. The fraction of sp³-hybridized carbons (Fsp3) is 0.176. The SMILES string of the molecule is COc1ccc(/C=C/C(=O)Nc2ccc(OC)nc2)c(OC)c1. The van der Waals surface area contributed by atoms with Crippen molar-refractivity contribution in [2.24, 2.45) is 0 Å². The van der Waals surface area contributed by atoms with Crippen molar-refractivity contribution < 1.29 is 19.0 Å². The molecule has 0 radical (unpaired) electrons. The van der Waals surface area contributed by atoms with E-state index in [0.717, 1.165) is 5.56 Å². The van der Waals surface area contributed by atoms with Crippen molar-refractivity contribution in [1.82, 2.24) is 4.98 Å². The highest BCUT2D eigenvalue weighted by Gasteiger charge is 2.04. The van der Waals surface area contributed by atoms with Gasteiger partial charge in [0.2, 0.25) is 11.8 Å². The standard InChI is InChI=1S/C17H18N2O4/c1-21-14-7-4-12(15(10-14)22-2)5-8-16(20)19-13-6-9-17(23-3)18-11-13/h4-11H,1-3H3,(H,19,20)/b8-5+. The molecule has 0 aliphatic rings. The van der Waals surface area contributed by atoms with Gasteiger partial charge in [-0.15, -0.1) is 0 Å². The molecule has 1 N–H and O–H groups in total. The van der Waals surface area contributed by atoms with Crippen molar-refractivity contribution in [2.75, 3.05) is 26.6 Å². The van der Waals surface area contributed by atoms with Gasteiger partial charge in [-0.1, -0.05) is 0 Å². The van der Waals surface area contributed by atoms with E-state index in [1.165, 1.54) is 19.4 Å². The minimum absolute atomic E-state index is 0.269. The topological polar surface area (TPSA) is 69.7 Å². The zero-order chi connectivity index (χ0) is 16.7. The lowest BCUT2D eigenvalue weighted by Gasteiger charge is -2.07. The number of nitrogens with zero attached hydrogens (tertiary/aromatic N) is 1. The van der Waals surface area contributed by atoms with Crippen molar-refractivity contribution >= 4 is 17.7 Å². The summed E-state index contributed by atoms with van der Waals surface area (Å²) in [5, 5.41) is 2.71. The van der Waals surface area contributed by atoms with Crippen LogP contribution in [0, 0.1) is 0 Å². The van der Waals surface area contributed by atoms with Crippen LogP contribution in [0.3, 0.4) is 0 Å². The first-order valence-electron chi connectivity index (χ1n) is 6.87. The highest BCUT2D eigenvalue weighted by molar-refractivity contribution is 6.02. The van der Waals surface area contributed by atoms with E-state index in [-0.39, 0.29) is 5.91 Å². The fourth-order valence-corrected chi connectivity index (χ4v) is 1.88. The van der Waals surface area contributed by atoms with Gasteiger partial charge < -0.3 is 19.5 Å². The molecule has 1 heterocycles. The van der Waals surface area contributed by atoms with Crippen LogP contribution in [0.25, 0.3) is 6.08 Å². The lowest BCUT2D eigenvalue weighted by atomic mass is 10.1. The Hall–Kier alpha value is -3.02. The van der Waals surface area contributed by atoms with Crippen LogP contribution in [0.1, 0.15) is 5.56 Å². The number of methoxy groups -OCH3 is 3. The summed E-state index contributed by atoms with van der Waals surface area (Å²) in [7, 11) is 4.68. The zero-order valence-corrected chi connectivity index (χ0v) is 13.2. The van der Waals surface area contributed by atoms with E-state index in [1.54, 1.807) is 44.6 Å². The van der Waals surface area contributed by atoms with Gasteiger partial charge in [0, 0.05) is 23.8 Å². The van der Waals surface area contributed by atoms with Gasteiger partial charge in [-0.25, -0.2) is 4.98 Å². The third-order valence-electron chi connectivity index (χ3n) is 3.07. The Kier molecular flexibility index (Phi) is 5.57. The smallest absolute Gasteiger partial charge is 0.248 e. The second-order valence-corrected chi connectivity index (χ2v) is 4.52. The second kappa shape index (κ2) is 7.84. The quantitative estimate of drug-likeness (QED) is 0.830. The van der Waals surface area contributed by atoms with Gasteiger partial charge in [-0.2, -0.15) is 0 Å². The molecule has 0 aliphatic heterocycles. The average molecular weight is 314 g/mol. The number of hydrogen-bond donors (Lipinski definition) is 1. The number of nitrogens with one attached hydrogen (secondary N) is 1. The minimum Gasteiger partial charge on any atom is -0.497 e. The van der Waals surface area contributed by atoms with E-state index < -0.39 is 0 Å². The molecule has 1 aromatic carbocycles. The summed E-state index contributed by atoms with van der Waals surface area (Å²) in [5.74, 6) is 1.53. The van der Waals surface area contributed by atoms with Crippen molar-refractivity contribution in [3.8, 4) is 17.4 Å². The number of amides is 1. The van der Waals surface area contributed by atoms with Crippen LogP contribution in [0.4, 0.5) is 5.69 Å². The number of ether oxygens (including phenoxy) is 3. The normalized spacial score (nSPS) is 10.4. The maximum Gasteiger partial charge on any atom is 0.248 e. The molecule has 120 valence electrons. The highest BCUT2D eigenvalue weighted by Crippen LogP contribution is 2.25. The lowest BCUT2D eigenvalue weighted by molar-refractivity contribution is -0.111. The highest BCUT2D eigenvalue weighted by atomic mass is 16.5. The molecule has 2 aromatic rings. The first-order valence-corrected chi connectivity index (χ1v) is 6.87. The third-order valence-corrected chi connectivity index (χ3v) is 3.07. The monoisotopic (exact) mass is 314 g/mol. The van der Waals surface area contributed by atoms with Crippen LogP contribution in [-0.2, 0) is 4.79 Å². The van der Waals surface area contributed by atoms with Crippen molar-refractivity contribution in [2.45, 2.75) is 0 Å². The van der Waals surface area contributed by atoms with Crippen molar-refractivity contribution in [1.29, 1.82) is 0 Å². The summed E-state index contributed by atoms with van der Waals surface area (Å²) in [4.78, 5) is 16.0. The summed E-state index contributed by atoms with van der Waals surface area (Å²) in [5.41, 5.74) is 1.36. The molecule has 0 spiro atoms. The first-order chi connectivity index (χ1) is 11.2. The molecular formula is C17H18N2O4. The molecule has 1 aromatic heterocycles. The molecule has 0 fully saturated rings. The summed E-state index contributed by atoms with van der Waals surface area (Å²) >= 11 is 0. The predicted octanol–water partition coefficient (Wildman–Crippen LogP) is 2.76. The summed E-state index contributed by atoms with van der Waals surface area (Å²) < 4.78 is 15.4. The Morgan fingerprint density at radius 2 is 1.91 bits per heavy atom. The molecular weight excluding hydrogens is 296 g/mol. The molecule has 0 bridgehead atoms. The van der Waals surface area contributed by atoms with Crippen LogP contribution < -0.4 is 19.5 Å². The number of carbonyl (C=O) groups excluding carboxylic acids is 1. The number of carbonyl (C=O) groups is 1. The minimum atomic E-state index is -0.269. The van der Waals surface area contributed by atoms with E-state index in [9.17, 15) is 4.79 Å². The van der Waals surface area contributed by atoms with Gasteiger partial charge in [0.1, 0.15) is 11.5 Å². The maximum absolute atomic E-state index is 11.9. The molecule has 0 aliphatic carbocycles. The van der Waals surface area contributed by atoms with E-state index in [2.05, 4.69) is 10.3 Å². The van der Waals surface area contributed by atoms with Crippen LogP contribution in [0.2, 0.25) is 0 Å². The predicted molar refractivity (Wildman–Crippen MR) is 88.0 cm³/mol. The number of rotatable bonds is 6. The Morgan fingerprint density at radius 1 is 1.09 bits per heavy atom. The van der Waals surface area contributed by atoms with E-state index in [1.807, 2.05) is 6.07 Å². The molecule has 1 amide bonds. The van der Waals surface area contributed by atoms with Crippen LogP contribution in [0.5, 0.6) is 17.4 Å². The number of anilines is 1. The molecule has 6 nitrogen and oxygen atoms in total. The molecule has 6 heteroatoms. The molecule has 0 atom stereocenters. The Balaban J connectivity index is 2.05. The van der Waals surface area contributed by atoms with Crippen LogP contribution in [0.15, 0.2) is 42.6 Å². The molecule has 0 unspecified atom stereocenters. The number of aromatic nitrogens is 1. The van der Waals surface area contributed by atoms with Crippen molar-refractivity contribution in [3.63, 3.8) is 0 Å². The Morgan fingerprint density at radius 3 is 2.52 bits per heavy atom. The second-order valence-electron chi connectivity index (χ2n) is 4.52. The largest absolute Gasteiger partial charge is 0.497 e. The van der Waals surface area contributed by atoms with Gasteiger partial charge in [0.05, 0.1) is 33.2 Å². The van der Waals surface area contributed by atoms with Gasteiger partial charge >= 0.3 is 0 Å². The Bertz CT molecular complexity index is 696. The molecule has 23 heavy (non-hydrogen) atoms. The Labute approximate surface area is 134 Å². The summed E-state index contributed by atoms with van der Waals surface area (Å²) in [6.45, 7) is 0. The van der Waals surface area contributed by atoms with E-state index >= 15 is 0 Å². The maximum atomic E-state index is 11.9. The van der Waals surface area contributed by atoms with Gasteiger partial charge in [-0.3, -0.25) is 4.79 Å². The van der Waals surface area contributed by atoms with Crippen LogP contribution >= 0.6 is 0 Å². The van der Waals surface area contributed by atoms with Gasteiger partial charge in [0.15, 0.2) is 0 Å². The van der Waals surface area contributed by atoms with Crippen LogP contribution in [-0.4, -0.2) is 32.2 Å². The number of hydrogen-bond acceptors (Lipinski definition) is 5. The number of benzene rings is 1. The summed E-state index contributed by atoms with van der Waals surface area (Å²) in [6, 6.07) is 8.76. The zero-order valence-electron chi connectivity index (χ0n) is 13.2. The van der Waals surface area contributed by atoms with Gasteiger partial charge in [-0.05, 0) is 24.3 Å². The third kappa shape index (κ3) is 4.47. The van der Waals surface area contributed by atoms with E-state index in [4.69, 9.17) is 14.2 Å². The van der Waals surface area contributed by atoms with Gasteiger partial charge in [0.25, 0.3) is 0 Å². The fourth-order valence-electron chi connectivity index (χ4n) is 1.88. The average Bonchev–Trinajstić information content (AvgIpc) is 2.60. The summed E-state index contributed by atoms with van der Waals surface area (Å²) in [6.07, 6.45) is 4.62. The lowest BCUT2D eigenvalue weighted by Crippen LogP contribution is -2.08.